The Morgan fingerprint density at radius 1 is 1.04 bits per heavy atom. The first-order chi connectivity index (χ1) is 12.6. The van der Waals surface area contributed by atoms with Gasteiger partial charge < -0.3 is 13.9 Å². The molecule has 0 fully saturated rings. The van der Waals surface area contributed by atoms with Crippen LogP contribution in [0.1, 0.15) is 5.56 Å². The summed E-state index contributed by atoms with van der Waals surface area (Å²) >= 11 is 0. The molecule has 2 aromatic heterocycles. The molecule has 4 aromatic rings. The number of aromatic nitrogens is 3. The molecule has 0 bridgehead atoms. The number of aryl methyl sites for hydroxylation is 1. The first-order valence-electron chi connectivity index (χ1n) is 7.85. The summed E-state index contributed by atoms with van der Waals surface area (Å²) < 4.78 is 30.0. The van der Waals surface area contributed by atoms with Gasteiger partial charge in [0.05, 0.1) is 13.3 Å². The van der Waals surface area contributed by atoms with Gasteiger partial charge in [-0.25, -0.2) is 14.4 Å². The predicted octanol–water partition coefficient (Wildman–Crippen LogP) is 4.53. The van der Waals surface area contributed by atoms with E-state index < -0.39 is 5.82 Å². The summed E-state index contributed by atoms with van der Waals surface area (Å²) in [6.07, 6.45) is 1.47. The van der Waals surface area contributed by atoms with Crippen LogP contribution in [-0.4, -0.2) is 22.1 Å². The highest BCUT2D eigenvalue weighted by atomic mass is 19.1. The number of nitrogens with zero attached hydrogens (tertiary/aromatic N) is 3. The van der Waals surface area contributed by atoms with E-state index >= 15 is 0 Å². The normalized spacial score (nSPS) is 10.9. The van der Waals surface area contributed by atoms with E-state index in [4.69, 9.17) is 13.9 Å². The van der Waals surface area contributed by atoms with Crippen LogP contribution in [0.4, 0.5) is 4.39 Å². The van der Waals surface area contributed by atoms with E-state index in [-0.39, 0.29) is 17.5 Å². The van der Waals surface area contributed by atoms with Gasteiger partial charge in [0.25, 0.3) is 5.71 Å². The van der Waals surface area contributed by atoms with E-state index in [1.54, 1.807) is 19.2 Å². The highest BCUT2D eigenvalue weighted by Gasteiger charge is 2.13. The molecule has 0 radical (unpaired) electrons. The van der Waals surface area contributed by atoms with Crippen molar-refractivity contribution in [3.05, 3.63) is 60.0 Å². The molecular formula is C19H14FN3O3. The fourth-order valence-corrected chi connectivity index (χ4v) is 2.53. The number of fused-ring (bicyclic) bond motifs is 1. The molecule has 0 N–H and O–H groups in total. The van der Waals surface area contributed by atoms with E-state index in [0.717, 1.165) is 16.9 Å². The Morgan fingerprint density at radius 2 is 1.88 bits per heavy atom. The third kappa shape index (κ3) is 2.95. The van der Waals surface area contributed by atoms with Gasteiger partial charge in [0, 0.05) is 5.56 Å². The molecule has 0 unspecified atom stereocenters. The number of halogens is 1. The van der Waals surface area contributed by atoms with E-state index in [2.05, 4.69) is 15.0 Å². The monoisotopic (exact) mass is 351 g/mol. The summed E-state index contributed by atoms with van der Waals surface area (Å²) in [4.78, 5) is 12.6. The van der Waals surface area contributed by atoms with E-state index in [1.807, 2.05) is 25.1 Å². The molecule has 0 amide bonds. The quantitative estimate of drug-likeness (QED) is 0.538. The van der Waals surface area contributed by atoms with Crippen LogP contribution < -0.4 is 9.47 Å². The number of hydrogen-bond donors (Lipinski definition) is 0. The molecule has 0 spiro atoms. The van der Waals surface area contributed by atoms with Gasteiger partial charge in [-0.3, -0.25) is 0 Å². The van der Waals surface area contributed by atoms with Gasteiger partial charge in [0.2, 0.25) is 5.89 Å². The summed E-state index contributed by atoms with van der Waals surface area (Å²) in [7, 11) is 1.62. The van der Waals surface area contributed by atoms with E-state index in [9.17, 15) is 4.39 Å². The van der Waals surface area contributed by atoms with Crippen LogP contribution in [0.15, 0.2) is 53.1 Å². The van der Waals surface area contributed by atoms with Crippen molar-refractivity contribution >= 4 is 11.2 Å². The van der Waals surface area contributed by atoms with Crippen LogP contribution in [0, 0.1) is 12.7 Å². The number of benzene rings is 2. The smallest absolute Gasteiger partial charge is 0.325 e. The minimum absolute atomic E-state index is 0.0174. The number of hydrogen-bond acceptors (Lipinski definition) is 6. The van der Waals surface area contributed by atoms with Gasteiger partial charge >= 0.3 is 6.01 Å². The molecule has 2 aromatic carbocycles. The molecule has 0 aliphatic rings. The van der Waals surface area contributed by atoms with Gasteiger partial charge in [0.15, 0.2) is 11.6 Å². The summed E-state index contributed by atoms with van der Waals surface area (Å²) in [5.74, 6) is 0.730. The maximum Gasteiger partial charge on any atom is 0.325 e. The maximum atomic E-state index is 13.7. The predicted molar refractivity (Wildman–Crippen MR) is 92.8 cm³/mol. The molecule has 26 heavy (non-hydrogen) atoms. The number of oxazole rings is 1. The van der Waals surface area contributed by atoms with Crippen molar-refractivity contribution in [1.82, 2.24) is 15.0 Å². The van der Waals surface area contributed by atoms with Crippen LogP contribution in [-0.2, 0) is 0 Å². The van der Waals surface area contributed by atoms with Gasteiger partial charge in [-0.2, -0.15) is 4.98 Å². The zero-order valence-electron chi connectivity index (χ0n) is 14.1. The summed E-state index contributed by atoms with van der Waals surface area (Å²) in [6.45, 7) is 1.94. The minimum atomic E-state index is -0.497. The highest BCUT2D eigenvalue weighted by Crippen LogP contribution is 2.29. The standard InChI is InChI=1S/C19H14FN3O3/c1-11-9-12(7-8-15(11)24-2)17-22-14-10-21-19(23-18(14)26-17)25-16-6-4-3-5-13(16)20/h3-10H,1-2H3. The zero-order chi connectivity index (χ0) is 18.1. The average molecular weight is 351 g/mol. The fourth-order valence-electron chi connectivity index (χ4n) is 2.53. The van der Waals surface area contributed by atoms with Crippen molar-refractivity contribution < 1.29 is 18.3 Å². The molecule has 0 aliphatic carbocycles. The van der Waals surface area contributed by atoms with E-state index in [0.29, 0.717) is 11.4 Å². The summed E-state index contributed by atoms with van der Waals surface area (Å²) in [6, 6.07) is 11.6. The van der Waals surface area contributed by atoms with Crippen molar-refractivity contribution in [2.45, 2.75) is 6.92 Å². The van der Waals surface area contributed by atoms with Crippen molar-refractivity contribution in [2.75, 3.05) is 7.11 Å². The lowest BCUT2D eigenvalue weighted by Crippen LogP contribution is -1.93. The summed E-state index contributed by atoms with van der Waals surface area (Å²) in [5.41, 5.74) is 2.49. The van der Waals surface area contributed by atoms with Crippen molar-refractivity contribution in [2.24, 2.45) is 0 Å². The Hall–Kier alpha value is -3.48. The number of methoxy groups -OCH3 is 1. The molecule has 2 heterocycles. The lowest BCUT2D eigenvalue weighted by molar-refractivity contribution is 0.410. The molecule has 0 atom stereocenters. The lowest BCUT2D eigenvalue weighted by atomic mass is 10.1. The van der Waals surface area contributed by atoms with Gasteiger partial charge in [-0.1, -0.05) is 12.1 Å². The number of rotatable bonds is 4. The minimum Gasteiger partial charge on any atom is -0.496 e. The second-order valence-corrected chi connectivity index (χ2v) is 5.58. The third-order valence-corrected chi connectivity index (χ3v) is 3.81. The molecule has 4 rings (SSSR count). The Morgan fingerprint density at radius 3 is 2.65 bits per heavy atom. The van der Waals surface area contributed by atoms with Crippen LogP contribution in [0.5, 0.6) is 17.5 Å². The molecule has 7 heteroatoms. The SMILES string of the molecule is COc1ccc(-c2nc3cnc(Oc4ccccc4F)nc3o2)cc1C. The van der Waals surface area contributed by atoms with Crippen LogP contribution in [0.25, 0.3) is 22.7 Å². The maximum absolute atomic E-state index is 13.7. The first-order valence-corrected chi connectivity index (χ1v) is 7.85. The lowest BCUT2D eigenvalue weighted by Gasteiger charge is -2.04. The first kappa shape index (κ1) is 16.0. The second kappa shape index (κ2) is 6.44. The number of para-hydroxylation sites is 1. The zero-order valence-corrected chi connectivity index (χ0v) is 14.1. The molecule has 0 saturated heterocycles. The topological polar surface area (TPSA) is 70.3 Å². The van der Waals surface area contributed by atoms with E-state index in [1.165, 1.54) is 18.3 Å². The highest BCUT2D eigenvalue weighted by molar-refractivity contribution is 5.72. The van der Waals surface area contributed by atoms with Crippen LogP contribution in [0.3, 0.4) is 0 Å². The van der Waals surface area contributed by atoms with Crippen molar-refractivity contribution in [3.8, 4) is 29.0 Å². The summed E-state index contributed by atoms with van der Waals surface area (Å²) in [5, 5.41) is 0. The van der Waals surface area contributed by atoms with Crippen LogP contribution in [0.2, 0.25) is 0 Å². The fraction of sp³-hybridized carbons (Fsp3) is 0.105. The Kier molecular flexibility index (Phi) is 3.96. The van der Waals surface area contributed by atoms with Gasteiger partial charge in [-0.15, -0.1) is 0 Å². The Balaban J connectivity index is 1.68. The second-order valence-electron chi connectivity index (χ2n) is 5.58. The largest absolute Gasteiger partial charge is 0.496 e. The van der Waals surface area contributed by atoms with Crippen molar-refractivity contribution in [3.63, 3.8) is 0 Å². The average Bonchev–Trinajstić information content (AvgIpc) is 3.07. The molecule has 0 aliphatic heterocycles. The Labute approximate surface area is 148 Å². The Bertz CT molecular complexity index is 1090. The molecular weight excluding hydrogens is 337 g/mol. The van der Waals surface area contributed by atoms with Gasteiger partial charge in [0.1, 0.15) is 11.3 Å². The molecule has 130 valence electrons. The van der Waals surface area contributed by atoms with Crippen LogP contribution >= 0.6 is 0 Å². The molecule has 6 nitrogen and oxygen atoms in total. The van der Waals surface area contributed by atoms with Crippen molar-refractivity contribution in [1.29, 1.82) is 0 Å². The number of ether oxygens (including phenoxy) is 2. The van der Waals surface area contributed by atoms with Gasteiger partial charge in [-0.05, 0) is 42.8 Å². The molecule has 0 saturated carbocycles. The third-order valence-electron chi connectivity index (χ3n) is 3.81.